The van der Waals surface area contributed by atoms with E-state index in [0.29, 0.717) is 12.0 Å². The predicted octanol–water partition coefficient (Wildman–Crippen LogP) is 3.78. The summed E-state index contributed by atoms with van der Waals surface area (Å²) in [6.07, 6.45) is 1.03. The van der Waals surface area contributed by atoms with Gasteiger partial charge in [0.1, 0.15) is 0 Å². The molecule has 0 fully saturated rings. The van der Waals surface area contributed by atoms with Gasteiger partial charge in [0.15, 0.2) is 0 Å². The van der Waals surface area contributed by atoms with Crippen LogP contribution in [0.25, 0.3) is 0 Å². The van der Waals surface area contributed by atoms with Crippen molar-refractivity contribution in [3.63, 3.8) is 0 Å². The first kappa shape index (κ1) is 16.0. The monoisotopic (exact) mass is 264 g/mol. The summed E-state index contributed by atoms with van der Waals surface area (Å²) < 4.78 is 5.72. The number of hydrogen-bond acceptors (Lipinski definition) is 3. The highest BCUT2D eigenvalue weighted by molar-refractivity contribution is 5.15. The summed E-state index contributed by atoms with van der Waals surface area (Å²) in [6, 6.07) is 5.94. The minimum Gasteiger partial charge on any atom is -0.478 e. The summed E-state index contributed by atoms with van der Waals surface area (Å²) in [5.74, 6) is 0.720. The van der Waals surface area contributed by atoms with E-state index in [1.165, 1.54) is 0 Å². The SMILES string of the molecule is CC(C)(C)CCOc1cccc(CNC(C)(C)C)n1. The van der Waals surface area contributed by atoms with Gasteiger partial charge in [0.05, 0.1) is 12.3 Å². The van der Waals surface area contributed by atoms with E-state index in [1.54, 1.807) is 0 Å². The molecule has 108 valence electrons. The van der Waals surface area contributed by atoms with Crippen LogP contribution in [0.1, 0.15) is 53.7 Å². The lowest BCUT2D eigenvalue weighted by Crippen LogP contribution is -2.35. The summed E-state index contributed by atoms with van der Waals surface area (Å²) in [4.78, 5) is 4.51. The van der Waals surface area contributed by atoms with Gasteiger partial charge in [-0.05, 0) is 38.7 Å². The highest BCUT2D eigenvalue weighted by Gasteiger charge is 2.11. The Morgan fingerprint density at radius 3 is 2.37 bits per heavy atom. The Hall–Kier alpha value is -1.09. The van der Waals surface area contributed by atoms with Crippen LogP contribution in [0, 0.1) is 5.41 Å². The van der Waals surface area contributed by atoms with Crippen LogP contribution in [0.5, 0.6) is 5.88 Å². The molecule has 1 N–H and O–H groups in total. The number of pyridine rings is 1. The van der Waals surface area contributed by atoms with Crippen LogP contribution < -0.4 is 10.1 Å². The molecule has 0 spiro atoms. The maximum atomic E-state index is 5.72. The molecule has 1 aromatic heterocycles. The van der Waals surface area contributed by atoms with E-state index in [1.807, 2.05) is 18.2 Å². The molecule has 3 heteroatoms. The molecular formula is C16H28N2O. The molecule has 0 aliphatic carbocycles. The molecule has 19 heavy (non-hydrogen) atoms. The van der Waals surface area contributed by atoms with Crippen LogP contribution in [0.15, 0.2) is 18.2 Å². The second kappa shape index (κ2) is 6.38. The normalized spacial score (nSPS) is 12.5. The van der Waals surface area contributed by atoms with Crippen molar-refractivity contribution >= 4 is 0 Å². The first-order valence-electron chi connectivity index (χ1n) is 6.99. The maximum Gasteiger partial charge on any atom is 0.213 e. The predicted molar refractivity (Wildman–Crippen MR) is 80.4 cm³/mol. The Labute approximate surface area is 117 Å². The van der Waals surface area contributed by atoms with E-state index in [9.17, 15) is 0 Å². The highest BCUT2D eigenvalue weighted by atomic mass is 16.5. The van der Waals surface area contributed by atoms with Gasteiger partial charge in [-0.3, -0.25) is 0 Å². The Bertz CT molecular complexity index is 388. The summed E-state index contributed by atoms with van der Waals surface area (Å²) in [6.45, 7) is 14.6. The van der Waals surface area contributed by atoms with E-state index in [-0.39, 0.29) is 5.54 Å². The number of rotatable bonds is 5. The van der Waals surface area contributed by atoms with Gasteiger partial charge in [0.2, 0.25) is 5.88 Å². The average molecular weight is 264 g/mol. The van der Waals surface area contributed by atoms with Crippen molar-refractivity contribution < 1.29 is 4.74 Å². The lowest BCUT2D eigenvalue weighted by molar-refractivity contribution is 0.235. The minimum atomic E-state index is 0.102. The zero-order valence-corrected chi connectivity index (χ0v) is 13.2. The quantitative estimate of drug-likeness (QED) is 0.878. The Morgan fingerprint density at radius 2 is 1.79 bits per heavy atom. The molecule has 3 nitrogen and oxygen atoms in total. The third kappa shape index (κ3) is 7.83. The van der Waals surface area contributed by atoms with Gasteiger partial charge in [-0.15, -0.1) is 0 Å². The van der Waals surface area contributed by atoms with E-state index in [0.717, 1.165) is 24.5 Å². The molecule has 0 saturated carbocycles. The van der Waals surface area contributed by atoms with Gasteiger partial charge < -0.3 is 10.1 Å². The fraction of sp³-hybridized carbons (Fsp3) is 0.688. The third-order valence-electron chi connectivity index (χ3n) is 2.68. The number of hydrogen-bond donors (Lipinski definition) is 1. The van der Waals surface area contributed by atoms with Crippen LogP contribution in [-0.4, -0.2) is 17.1 Å². The molecule has 1 aromatic rings. The lowest BCUT2D eigenvalue weighted by atomic mass is 9.93. The van der Waals surface area contributed by atoms with E-state index in [4.69, 9.17) is 4.74 Å². The second-order valence-corrected chi connectivity index (χ2v) is 7.23. The molecule has 0 aromatic carbocycles. The summed E-state index contributed by atoms with van der Waals surface area (Å²) in [5, 5.41) is 3.43. The zero-order valence-electron chi connectivity index (χ0n) is 13.2. The van der Waals surface area contributed by atoms with Gasteiger partial charge in [0.25, 0.3) is 0 Å². The molecule has 1 rings (SSSR count). The van der Waals surface area contributed by atoms with Gasteiger partial charge in [0, 0.05) is 18.2 Å². The smallest absolute Gasteiger partial charge is 0.213 e. The number of nitrogens with zero attached hydrogens (tertiary/aromatic N) is 1. The van der Waals surface area contributed by atoms with Gasteiger partial charge in [-0.25, -0.2) is 4.98 Å². The molecule has 0 radical (unpaired) electrons. The molecule has 0 unspecified atom stereocenters. The summed E-state index contributed by atoms with van der Waals surface area (Å²) in [7, 11) is 0. The summed E-state index contributed by atoms with van der Waals surface area (Å²) >= 11 is 0. The van der Waals surface area contributed by atoms with Crippen molar-refractivity contribution in [2.75, 3.05) is 6.61 Å². The summed E-state index contributed by atoms with van der Waals surface area (Å²) in [5.41, 5.74) is 1.42. The van der Waals surface area contributed by atoms with Crippen molar-refractivity contribution in [1.82, 2.24) is 10.3 Å². The number of nitrogens with one attached hydrogen (secondary N) is 1. The van der Waals surface area contributed by atoms with Gasteiger partial charge >= 0.3 is 0 Å². The van der Waals surface area contributed by atoms with Crippen molar-refractivity contribution in [2.45, 2.75) is 60.0 Å². The largest absolute Gasteiger partial charge is 0.478 e. The highest BCUT2D eigenvalue weighted by Crippen LogP contribution is 2.19. The molecular weight excluding hydrogens is 236 g/mol. The van der Waals surface area contributed by atoms with Crippen molar-refractivity contribution in [3.8, 4) is 5.88 Å². The van der Waals surface area contributed by atoms with Crippen LogP contribution >= 0.6 is 0 Å². The first-order chi connectivity index (χ1) is 8.66. The van der Waals surface area contributed by atoms with E-state index in [2.05, 4.69) is 51.8 Å². The maximum absolute atomic E-state index is 5.72. The molecule has 0 saturated heterocycles. The Kier molecular flexibility index (Phi) is 5.36. The second-order valence-electron chi connectivity index (χ2n) is 7.23. The molecule has 0 amide bonds. The third-order valence-corrected chi connectivity index (χ3v) is 2.68. The van der Waals surface area contributed by atoms with Gasteiger partial charge in [-0.1, -0.05) is 26.8 Å². The molecule has 0 aliphatic rings. The topological polar surface area (TPSA) is 34.1 Å². The van der Waals surface area contributed by atoms with Crippen molar-refractivity contribution in [3.05, 3.63) is 23.9 Å². The standard InChI is InChI=1S/C16H28N2O/c1-15(2,3)10-11-19-14-9-7-8-13(18-14)12-17-16(4,5)6/h7-9,17H,10-12H2,1-6H3. The van der Waals surface area contributed by atoms with Crippen molar-refractivity contribution in [1.29, 1.82) is 0 Å². The van der Waals surface area contributed by atoms with Crippen LogP contribution in [0.2, 0.25) is 0 Å². The average Bonchev–Trinajstić information content (AvgIpc) is 2.24. The fourth-order valence-electron chi connectivity index (χ4n) is 1.45. The zero-order chi connectivity index (χ0) is 14.5. The minimum absolute atomic E-state index is 0.102. The molecule has 0 bridgehead atoms. The Morgan fingerprint density at radius 1 is 1.11 bits per heavy atom. The van der Waals surface area contributed by atoms with Crippen LogP contribution in [0.4, 0.5) is 0 Å². The van der Waals surface area contributed by atoms with E-state index < -0.39 is 0 Å². The van der Waals surface area contributed by atoms with E-state index >= 15 is 0 Å². The van der Waals surface area contributed by atoms with Crippen LogP contribution in [-0.2, 0) is 6.54 Å². The molecule has 1 heterocycles. The molecule has 0 atom stereocenters. The Balaban J connectivity index is 2.48. The first-order valence-corrected chi connectivity index (χ1v) is 6.99. The van der Waals surface area contributed by atoms with Gasteiger partial charge in [-0.2, -0.15) is 0 Å². The molecule has 0 aliphatic heterocycles. The fourth-order valence-corrected chi connectivity index (χ4v) is 1.45. The van der Waals surface area contributed by atoms with Crippen LogP contribution in [0.3, 0.4) is 0 Å². The lowest BCUT2D eigenvalue weighted by Gasteiger charge is -2.20. The van der Waals surface area contributed by atoms with Crippen molar-refractivity contribution in [2.24, 2.45) is 5.41 Å². The number of aromatic nitrogens is 1. The number of ether oxygens (including phenoxy) is 1.